The molecule has 110 valence electrons. The van der Waals surface area contributed by atoms with Gasteiger partial charge in [0.15, 0.2) is 0 Å². The molecule has 2 heterocycles. The van der Waals surface area contributed by atoms with E-state index in [1.165, 1.54) is 23.3 Å². The first-order valence-electron chi connectivity index (χ1n) is 7.75. The second-order valence-electron chi connectivity index (χ2n) is 6.29. The van der Waals surface area contributed by atoms with Gasteiger partial charge in [0, 0.05) is 24.0 Å². The third kappa shape index (κ3) is 2.77. The minimum absolute atomic E-state index is 0.247. The summed E-state index contributed by atoms with van der Waals surface area (Å²) in [5.74, 6) is 1.01. The Hall–Kier alpha value is -0.870. The number of likely N-dealkylation sites (tertiary alicyclic amines) is 1. The van der Waals surface area contributed by atoms with E-state index in [0.29, 0.717) is 6.04 Å². The summed E-state index contributed by atoms with van der Waals surface area (Å²) in [5, 5.41) is 3.30. The van der Waals surface area contributed by atoms with Crippen LogP contribution in [-0.4, -0.2) is 37.0 Å². The van der Waals surface area contributed by atoms with Crippen molar-refractivity contribution in [3.05, 3.63) is 21.4 Å². The number of amides is 1. The van der Waals surface area contributed by atoms with Crippen molar-refractivity contribution < 1.29 is 4.79 Å². The van der Waals surface area contributed by atoms with Crippen LogP contribution >= 0.6 is 11.3 Å². The third-order valence-corrected chi connectivity index (χ3v) is 5.88. The normalized spacial score (nSPS) is 26.4. The average molecular weight is 292 g/mol. The SMILES string of the molecule is CNC1CCCN(C(=O)c2cc3c(s2)CCC(C)C3)C1. The summed E-state index contributed by atoms with van der Waals surface area (Å²) >= 11 is 1.74. The predicted octanol–water partition coefficient (Wildman–Crippen LogP) is 2.70. The minimum atomic E-state index is 0.247. The lowest BCUT2D eigenvalue weighted by Crippen LogP contribution is -2.46. The molecule has 1 aromatic rings. The Balaban J connectivity index is 1.74. The van der Waals surface area contributed by atoms with Crippen LogP contribution in [0.25, 0.3) is 0 Å². The lowest BCUT2D eigenvalue weighted by molar-refractivity contribution is 0.0703. The number of hydrogen-bond acceptors (Lipinski definition) is 3. The maximum absolute atomic E-state index is 12.7. The van der Waals surface area contributed by atoms with Gasteiger partial charge >= 0.3 is 0 Å². The molecule has 1 aliphatic heterocycles. The zero-order chi connectivity index (χ0) is 14.1. The van der Waals surface area contributed by atoms with E-state index >= 15 is 0 Å². The van der Waals surface area contributed by atoms with Gasteiger partial charge in [0.25, 0.3) is 5.91 Å². The monoisotopic (exact) mass is 292 g/mol. The van der Waals surface area contributed by atoms with Gasteiger partial charge < -0.3 is 10.2 Å². The zero-order valence-corrected chi connectivity index (χ0v) is 13.3. The van der Waals surface area contributed by atoms with E-state index in [9.17, 15) is 4.79 Å². The lowest BCUT2D eigenvalue weighted by atomic mass is 9.90. The van der Waals surface area contributed by atoms with Crippen LogP contribution in [0, 0.1) is 5.92 Å². The summed E-state index contributed by atoms with van der Waals surface area (Å²) in [5.41, 5.74) is 1.43. The zero-order valence-electron chi connectivity index (χ0n) is 12.4. The van der Waals surface area contributed by atoms with E-state index in [-0.39, 0.29) is 5.91 Å². The molecule has 1 aromatic heterocycles. The summed E-state index contributed by atoms with van der Waals surface area (Å²) in [4.78, 5) is 17.1. The van der Waals surface area contributed by atoms with Crippen LogP contribution in [0.2, 0.25) is 0 Å². The number of fused-ring (bicyclic) bond motifs is 1. The number of hydrogen-bond donors (Lipinski definition) is 1. The number of nitrogens with zero attached hydrogens (tertiary/aromatic N) is 1. The summed E-state index contributed by atoms with van der Waals surface area (Å²) in [7, 11) is 1.99. The first-order chi connectivity index (χ1) is 9.67. The highest BCUT2D eigenvalue weighted by molar-refractivity contribution is 7.14. The van der Waals surface area contributed by atoms with Gasteiger partial charge in [-0.15, -0.1) is 11.3 Å². The van der Waals surface area contributed by atoms with Crippen LogP contribution in [0.1, 0.15) is 46.3 Å². The van der Waals surface area contributed by atoms with Crippen LogP contribution in [-0.2, 0) is 12.8 Å². The minimum Gasteiger partial charge on any atom is -0.336 e. The number of nitrogens with one attached hydrogen (secondary N) is 1. The molecule has 2 unspecified atom stereocenters. The van der Waals surface area contributed by atoms with Crippen LogP contribution in [0.4, 0.5) is 0 Å². The van der Waals surface area contributed by atoms with E-state index in [1.54, 1.807) is 11.3 Å². The molecule has 1 N–H and O–H groups in total. The summed E-state index contributed by atoms with van der Waals surface area (Å²) in [6.07, 6.45) is 5.87. The Bertz CT molecular complexity index is 497. The van der Waals surface area contributed by atoms with E-state index in [4.69, 9.17) is 0 Å². The molecule has 1 amide bonds. The fourth-order valence-electron chi connectivity index (χ4n) is 3.36. The van der Waals surface area contributed by atoms with Gasteiger partial charge in [-0.25, -0.2) is 0 Å². The molecule has 0 bridgehead atoms. The van der Waals surface area contributed by atoms with Crippen molar-refractivity contribution in [2.24, 2.45) is 5.92 Å². The molecule has 1 fully saturated rings. The fourth-order valence-corrected chi connectivity index (χ4v) is 4.54. The highest BCUT2D eigenvalue weighted by atomic mass is 32.1. The van der Waals surface area contributed by atoms with Crippen LogP contribution in [0.15, 0.2) is 6.07 Å². The van der Waals surface area contributed by atoms with Crippen molar-refractivity contribution in [1.82, 2.24) is 10.2 Å². The molecule has 3 nitrogen and oxygen atoms in total. The number of thiophene rings is 1. The Morgan fingerprint density at radius 3 is 3.10 bits per heavy atom. The summed E-state index contributed by atoms with van der Waals surface area (Å²) in [6, 6.07) is 2.63. The smallest absolute Gasteiger partial charge is 0.263 e. The first-order valence-corrected chi connectivity index (χ1v) is 8.57. The topological polar surface area (TPSA) is 32.3 Å². The van der Waals surface area contributed by atoms with Crippen LogP contribution in [0.3, 0.4) is 0 Å². The molecule has 1 aliphatic carbocycles. The van der Waals surface area contributed by atoms with E-state index in [1.807, 2.05) is 11.9 Å². The third-order valence-electron chi connectivity index (χ3n) is 4.66. The lowest BCUT2D eigenvalue weighted by Gasteiger charge is -2.32. The van der Waals surface area contributed by atoms with E-state index < -0.39 is 0 Å². The maximum atomic E-state index is 12.7. The van der Waals surface area contributed by atoms with Crippen LogP contribution in [0.5, 0.6) is 0 Å². The standard InChI is InChI=1S/C16H24N2OS/c1-11-5-6-14-12(8-11)9-15(20-14)16(19)18-7-3-4-13(10-18)17-2/h9,11,13,17H,3-8,10H2,1-2H3. The number of likely N-dealkylation sites (N-methyl/N-ethyl adjacent to an activating group) is 1. The highest BCUT2D eigenvalue weighted by Gasteiger charge is 2.26. The number of carbonyl (C=O) groups is 1. The average Bonchev–Trinajstić information content (AvgIpc) is 2.89. The van der Waals surface area contributed by atoms with Gasteiger partial charge in [0.1, 0.15) is 0 Å². The molecule has 1 saturated heterocycles. The van der Waals surface area contributed by atoms with Crippen molar-refractivity contribution in [2.75, 3.05) is 20.1 Å². The number of piperidine rings is 1. The largest absolute Gasteiger partial charge is 0.336 e. The summed E-state index contributed by atoms with van der Waals surface area (Å²) in [6.45, 7) is 4.08. The molecule has 2 atom stereocenters. The van der Waals surface area contributed by atoms with Crippen molar-refractivity contribution >= 4 is 17.2 Å². The maximum Gasteiger partial charge on any atom is 0.263 e. The van der Waals surface area contributed by atoms with Crippen LogP contribution < -0.4 is 5.32 Å². The van der Waals surface area contributed by atoms with Gasteiger partial charge in [-0.3, -0.25) is 4.79 Å². The number of aryl methyl sites for hydroxylation is 1. The number of carbonyl (C=O) groups excluding carboxylic acids is 1. The molecule has 0 aromatic carbocycles. The van der Waals surface area contributed by atoms with Gasteiger partial charge in [-0.05, 0) is 56.7 Å². The Morgan fingerprint density at radius 1 is 1.45 bits per heavy atom. The first kappa shape index (κ1) is 14.1. The molecule has 0 spiro atoms. The van der Waals surface area contributed by atoms with E-state index in [0.717, 1.165) is 43.1 Å². The second-order valence-corrected chi connectivity index (χ2v) is 7.42. The van der Waals surface area contributed by atoms with Crippen molar-refractivity contribution in [1.29, 1.82) is 0 Å². The highest BCUT2D eigenvalue weighted by Crippen LogP contribution is 2.33. The van der Waals surface area contributed by atoms with Gasteiger partial charge in [-0.1, -0.05) is 6.92 Å². The summed E-state index contributed by atoms with van der Waals surface area (Å²) < 4.78 is 0. The molecule has 0 saturated carbocycles. The van der Waals surface area contributed by atoms with Crippen molar-refractivity contribution in [2.45, 2.75) is 45.1 Å². The molecule has 0 radical (unpaired) electrons. The quantitative estimate of drug-likeness (QED) is 0.909. The fraction of sp³-hybridized carbons (Fsp3) is 0.688. The van der Waals surface area contributed by atoms with Gasteiger partial charge in [0.05, 0.1) is 4.88 Å². The number of rotatable bonds is 2. The Labute approximate surface area is 125 Å². The van der Waals surface area contributed by atoms with Crippen molar-refractivity contribution in [3.8, 4) is 0 Å². The Kier molecular flexibility index (Phi) is 4.13. The molecule has 4 heteroatoms. The van der Waals surface area contributed by atoms with Crippen molar-refractivity contribution in [3.63, 3.8) is 0 Å². The molecule has 20 heavy (non-hydrogen) atoms. The molecule has 2 aliphatic rings. The van der Waals surface area contributed by atoms with Gasteiger partial charge in [0.2, 0.25) is 0 Å². The molecular formula is C16H24N2OS. The molecular weight excluding hydrogens is 268 g/mol. The molecule has 3 rings (SSSR count). The Morgan fingerprint density at radius 2 is 2.30 bits per heavy atom. The predicted molar refractivity (Wildman–Crippen MR) is 83.5 cm³/mol. The second kappa shape index (κ2) is 5.86. The van der Waals surface area contributed by atoms with E-state index in [2.05, 4.69) is 18.3 Å². The van der Waals surface area contributed by atoms with Gasteiger partial charge in [-0.2, -0.15) is 0 Å².